The highest BCUT2D eigenvalue weighted by Gasteiger charge is 2.55. The molecule has 0 saturated carbocycles. The molecule has 1 aliphatic heterocycles. The summed E-state index contributed by atoms with van der Waals surface area (Å²) in [5, 5.41) is 12.5. The third kappa shape index (κ3) is 5.81. The van der Waals surface area contributed by atoms with Gasteiger partial charge in [-0.25, -0.2) is 14.4 Å². The Kier molecular flexibility index (Phi) is 8.19. The van der Waals surface area contributed by atoms with Crippen LogP contribution < -0.4 is 11.0 Å². The van der Waals surface area contributed by atoms with Gasteiger partial charge in [0.15, 0.2) is 6.23 Å². The molecule has 4 atom stereocenters. The zero-order valence-electron chi connectivity index (χ0n) is 22.3. The summed E-state index contributed by atoms with van der Waals surface area (Å²) in [5.41, 5.74) is 0.325. The lowest BCUT2D eigenvalue weighted by Crippen LogP contribution is -2.38. The van der Waals surface area contributed by atoms with Gasteiger partial charge in [0.25, 0.3) is 5.91 Å². The van der Waals surface area contributed by atoms with Crippen LogP contribution in [0.2, 0.25) is 0 Å². The van der Waals surface area contributed by atoms with Crippen LogP contribution in [0.4, 0.5) is 5.82 Å². The number of carbonyl (C=O) groups excluding carboxylic acids is 2. The van der Waals surface area contributed by atoms with E-state index in [0.717, 1.165) is 0 Å². The number of alkyl halides is 1. The van der Waals surface area contributed by atoms with Crippen LogP contribution in [0.3, 0.4) is 0 Å². The number of aromatic nitrogens is 2. The quantitative estimate of drug-likeness (QED) is 0.223. The minimum Gasteiger partial charge on any atom is -0.478 e. The average molecular weight is 588 g/mol. The number of hydrogen-bond acceptors (Lipinski definition) is 7. The first kappa shape index (κ1) is 28.7. The molecule has 1 aromatic heterocycles. The number of carbonyl (C=O) groups is 3. The molecule has 2 heterocycles. The molecule has 1 amide bonds. The van der Waals surface area contributed by atoms with Gasteiger partial charge in [0.05, 0.1) is 16.0 Å². The predicted molar refractivity (Wildman–Crippen MR) is 154 cm³/mol. The van der Waals surface area contributed by atoms with E-state index < -0.39 is 46.7 Å². The van der Waals surface area contributed by atoms with E-state index in [1.54, 1.807) is 85.8 Å². The number of aromatic carboxylic acids is 1. The molecule has 214 valence electrons. The first-order valence-electron chi connectivity index (χ1n) is 13.0. The molecule has 0 radical (unpaired) electrons. The summed E-state index contributed by atoms with van der Waals surface area (Å²) in [5.74, 6) is -2.99. The summed E-state index contributed by atoms with van der Waals surface area (Å²) >= 11 is 7.13. The van der Waals surface area contributed by atoms with E-state index in [1.807, 2.05) is 0 Å². The molecule has 1 fully saturated rings. The van der Waals surface area contributed by atoms with Gasteiger partial charge in [-0.3, -0.25) is 9.36 Å². The molecule has 11 heteroatoms. The third-order valence-corrected chi connectivity index (χ3v) is 7.46. The maximum atomic E-state index is 13.2. The minimum absolute atomic E-state index is 0.00227. The van der Waals surface area contributed by atoms with Gasteiger partial charge in [-0.05, 0) is 48.9 Å². The van der Waals surface area contributed by atoms with Crippen LogP contribution in [0.15, 0.2) is 102 Å². The highest BCUT2D eigenvalue weighted by atomic mass is 35.5. The highest BCUT2D eigenvalue weighted by molar-refractivity contribution is 6.25. The van der Waals surface area contributed by atoms with E-state index >= 15 is 0 Å². The molecule has 5 rings (SSSR count). The van der Waals surface area contributed by atoms with E-state index in [-0.39, 0.29) is 18.0 Å². The Morgan fingerprint density at radius 3 is 2.24 bits per heavy atom. The molecule has 0 aliphatic carbocycles. The van der Waals surface area contributed by atoms with Crippen molar-refractivity contribution in [3.8, 4) is 0 Å². The smallest absolute Gasteiger partial charge is 0.351 e. The Morgan fingerprint density at radius 2 is 1.60 bits per heavy atom. The Balaban J connectivity index is 1.46. The third-order valence-electron chi connectivity index (χ3n) is 7.04. The second-order valence-corrected chi connectivity index (χ2v) is 10.6. The van der Waals surface area contributed by atoms with Gasteiger partial charge in [0.2, 0.25) is 0 Å². The number of carboxylic acid groups (broad SMARTS) is 1. The van der Waals surface area contributed by atoms with Crippen LogP contribution in [-0.2, 0) is 9.47 Å². The largest absolute Gasteiger partial charge is 0.478 e. The van der Waals surface area contributed by atoms with Gasteiger partial charge in [0, 0.05) is 17.7 Å². The Hall–Kier alpha value is -4.80. The van der Waals surface area contributed by atoms with Crippen molar-refractivity contribution in [3.63, 3.8) is 0 Å². The Labute approximate surface area is 245 Å². The molecule has 4 unspecified atom stereocenters. The van der Waals surface area contributed by atoms with E-state index in [0.29, 0.717) is 16.7 Å². The number of nitrogens with zero attached hydrogens (tertiary/aromatic N) is 2. The summed E-state index contributed by atoms with van der Waals surface area (Å²) in [7, 11) is 0. The van der Waals surface area contributed by atoms with Crippen molar-refractivity contribution in [1.82, 2.24) is 9.55 Å². The molecule has 2 N–H and O–H groups in total. The highest BCUT2D eigenvalue weighted by Crippen LogP contribution is 2.52. The number of rotatable bonds is 8. The SMILES string of the molecule is CC1(Cl)C(c2ccccc2C(=O)O)C(COC(=O)c2ccccc2)OC1n1ccc(NC(=O)c2ccccc2)nc1=O. The lowest BCUT2D eigenvalue weighted by atomic mass is 9.81. The van der Waals surface area contributed by atoms with E-state index in [9.17, 15) is 24.3 Å². The number of amides is 1. The fraction of sp³-hybridized carbons (Fsp3) is 0.194. The first-order valence-corrected chi connectivity index (χ1v) is 13.4. The molecular weight excluding hydrogens is 562 g/mol. The Morgan fingerprint density at radius 1 is 0.976 bits per heavy atom. The number of carboxylic acids is 1. The summed E-state index contributed by atoms with van der Waals surface area (Å²) in [4.78, 5) is 53.1. The van der Waals surface area contributed by atoms with Crippen molar-refractivity contribution >= 4 is 35.3 Å². The van der Waals surface area contributed by atoms with Crippen LogP contribution in [0.1, 0.15) is 55.7 Å². The number of ether oxygens (including phenoxy) is 2. The topological polar surface area (TPSA) is 137 Å². The summed E-state index contributed by atoms with van der Waals surface area (Å²) in [6.07, 6.45) is -0.667. The number of anilines is 1. The van der Waals surface area contributed by atoms with Gasteiger partial charge in [0.1, 0.15) is 18.5 Å². The van der Waals surface area contributed by atoms with Crippen molar-refractivity contribution in [2.75, 3.05) is 11.9 Å². The van der Waals surface area contributed by atoms with Crippen molar-refractivity contribution in [2.24, 2.45) is 0 Å². The average Bonchev–Trinajstić information content (AvgIpc) is 3.26. The normalized spacial score (nSPS) is 21.4. The van der Waals surface area contributed by atoms with Crippen LogP contribution >= 0.6 is 11.6 Å². The molecule has 3 aromatic carbocycles. The summed E-state index contributed by atoms with van der Waals surface area (Å²) in [6, 6.07) is 24.6. The maximum absolute atomic E-state index is 13.2. The van der Waals surface area contributed by atoms with E-state index in [4.69, 9.17) is 21.1 Å². The molecule has 10 nitrogen and oxygen atoms in total. The standard InChI is InChI=1S/C31H26ClN3O7/c1-31(32)25(21-14-8-9-15-22(21)27(37)38)23(18-41-28(39)20-12-6-3-7-13-20)42-29(31)35-17-16-24(34-30(35)40)33-26(36)19-10-4-2-5-11-19/h2-17,23,25,29H,18H2,1H3,(H,37,38)(H,33,34,36,40). The molecule has 42 heavy (non-hydrogen) atoms. The number of halogens is 1. The van der Waals surface area contributed by atoms with Gasteiger partial charge in [-0.15, -0.1) is 11.6 Å². The second kappa shape index (κ2) is 12.0. The van der Waals surface area contributed by atoms with E-state index in [1.165, 1.54) is 22.9 Å². The molecular formula is C31H26ClN3O7. The molecule has 4 aromatic rings. The fourth-order valence-electron chi connectivity index (χ4n) is 5.09. The Bertz CT molecular complexity index is 1670. The number of esters is 1. The number of hydrogen-bond donors (Lipinski definition) is 2. The number of nitrogens with one attached hydrogen (secondary N) is 1. The van der Waals surface area contributed by atoms with Crippen LogP contribution in [0.25, 0.3) is 0 Å². The summed E-state index contributed by atoms with van der Waals surface area (Å²) < 4.78 is 13.0. The molecule has 1 aliphatic rings. The first-order chi connectivity index (χ1) is 20.2. The van der Waals surface area contributed by atoms with Gasteiger partial charge >= 0.3 is 17.6 Å². The van der Waals surface area contributed by atoms with E-state index in [2.05, 4.69) is 10.3 Å². The zero-order chi connectivity index (χ0) is 29.9. The number of benzene rings is 3. The van der Waals surface area contributed by atoms with Crippen LogP contribution in [0, 0.1) is 0 Å². The van der Waals surface area contributed by atoms with Gasteiger partial charge in [-0.2, -0.15) is 4.98 Å². The molecule has 1 saturated heterocycles. The molecule has 0 spiro atoms. The lowest BCUT2D eigenvalue weighted by Gasteiger charge is -2.30. The van der Waals surface area contributed by atoms with Crippen LogP contribution in [0.5, 0.6) is 0 Å². The minimum atomic E-state index is -1.39. The van der Waals surface area contributed by atoms with Gasteiger partial charge < -0.3 is 19.9 Å². The summed E-state index contributed by atoms with van der Waals surface area (Å²) in [6.45, 7) is 1.36. The lowest BCUT2D eigenvalue weighted by molar-refractivity contribution is -0.0405. The zero-order valence-corrected chi connectivity index (χ0v) is 23.1. The maximum Gasteiger partial charge on any atom is 0.351 e. The van der Waals surface area contributed by atoms with Crippen molar-refractivity contribution in [3.05, 3.63) is 130 Å². The second-order valence-electron chi connectivity index (χ2n) is 9.84. The van der Waals surface area contributed by atoms with Crippen LogP contribution in [-0.4, -0.2) is 50.1 Å². The van der Waals surface area contributed by atoms with Crippen molar-refractivity contribution in [1.29, 1.82) is 0 Å². The van der Waals surface area contributed by atoms with Gasteiger partial charge in [-0.1, -0.05) is 54.6 Å². The van der Waals surface area contributed by atoms with Crippen molar-refractivity contribution in [2.45, 2.75) is 30.0 Å². The predicted octanol–water partition coefficient (Wildman–Crippen LogP) is 4.73. The molecule has 0 bridgehead atoms. The monoisotopic (exact) mass is 587 g/mol. The van der Waals surface area contributed by atoms with Crippen molar-refractivity contribution < 1.29 is 29.0 Å². The fourth-order valence-corrected chi connectivity index (χ4v) is 5.50.